The predicted octanol–water partition coefficient (Wildman–Crippen LogP) is 3.77. The topological polar surface area (TPSA) is 15.3 Å². The van der Waals surface area contributed by atoms with Crippen molar-refractivity contribution in [2.75, 3.05) is 19.6 Å². The van der Waals surface area contributed by atoms with Gasteiger partial charge < -0.3 is 5.32 Å². The van der Waals surface area contributed by atoms with E-state index in [0.29, 0.717) is 12.1 Å². The van der Waals surface area contributed by atoms with Crippen LogP contribution in [0.2, 0.25) is 0 Å². The first-order valence-electron chi connectivity index (χ1n) is 8.34. The fourth-order valence-electron chi connectivity index (χ4n) is 3.35. The van der Waals surface area contributed by atoms with Gasteiger partial charge in [0.2, 0.25) is 0 Å². The Morgan fingerprint density at radius 2 is 1.95 bits per heavy atom. The minimum absolute atomic E-state index is 0.563. The van der Waals surface area contributed by atoms with E-state index in [9.17, 15) is 0 Å². The molecule has 2 atom stereocenters. The highest BCUT2D eigenvalue weighted by Crippen LogP contribution is 2.25. The van der Waals surface area contributed by atoms with Gasteiger partial charge in [-0.25, -0.2) is 0 Å². The van der Waals surface area contributed by atoms with E-state index < -0.39 is 0 Å². The maximum Gasteiger partial charge on any atom is 0.0346 e. The molecule has 0 aliphatic carbocycles. The van der Waals surface area contributed by atoms with Crippen LogP contribution in [-0.4, -0.2) is 30.6 Å². The fraction of sp³-hybridized carbons (Fsp3) is 0.667. The molecule has 2 rings (SSSR count). The van der Waals surface area contributed by atoms with Gasteiger partial charge in [-0.2, -0.15) is 0 Å². The Bertz CT molecular complexity index is 379. The Kier molecular flexibility index (Phi) is 6.06. The molecular weight excluding hydrogens is 244 g/mol. The van der Waals surface area contributed by atoms with Gasteiger partial charge in [-0.1, -0.05) is 45.0 Å². The van der Waals surface area contributed by atoms with Crippen LogP contribution in [0.15, 0.2) is 24.3 Å². The molecule has 1 aliphatic rings. The molecule has 2 nitrogen and oxygen atoms in total. The fourth-order valence-corrected chi connectivity index (χ4v) is 3.35. The van der Waals surface area contributed by atoms with Crippen LogP contribution in [0.25, 0.3) is 0 Å². The number of hydrogen-bond donors (Lipinski definition) is 1. The summed E-state index contributed by atoms with van der Waals surface area (Å²) in [7, 11) is 0. The third-order valence-corrected chi connectivity index (χ3v) is 4.62. The van der Waals surface area contributed by atoms with Crippen molar-refractivity contribution in [3.05, 3.63) is 35.4 Å². The van der Waals surface area contributed by atoms with Gasteiger partial charge in [-0.05, 0) is 49.9 Å². The SMILES string of the molecule is CCc1ccc(C(CC)N(CC)CC2CCCN2)cc1. The summed E-state index contributed by atoms with van der Waals surface area (Å²) >= 11 is 0. The third-order valence-electron chi connectivity index (χ3n) is 4.62. The summed E-state index contributed by atoms with van der Waals surface area (Å²) in [4.78, 5) is 2.64. The van der Waals surface area contributed by atoms with E-state index in [1.165, 1.54) is 43.5 Å². The number of likely N-dealkylation sites (N-methyl/N-ethyl adjacent to an activating group) is 1. The van der Waals surface area contributed by atoms with Crippen molar-refractivity contribution in [1.82, 2.24) is 10.2 Å². The standard InChI is InChI=1S/C18H30N2/c1-4-15-9-11-16(12-10-15)18(5-2)20(6-3)14-17-8-7-13-19-17/h9-12,17-19H,4-8,13-14H2,1-3H3. The average Bonchev–Trinajstić information content (AvgIpc) is 3.00. The van der Waals surface area contributed by atoms with Crippen LogP contribution in [0.4, 0.5) is 0 Å². The molecule has 0 radical (unpaired) electrons. The molecule has 1 fully saturated rings. The lowest BCUT2D eigenvalue weighted by molar-refractivity contribution is 0.185. The van der Waals surface area contributed by atoms with Crippen LogP contribution in [-0.2, 0) is 6.42 Å². The second kappa shape index (κ2) is 7.80. The van der Waals surface area contributed by atoms with Crippen LogP contribution in [0, 0.1) is 0 Å². The van der Waals surface area contributed by atoms with Crippen molar-refractivity contribution in [3.63, 3.8) is 0 Å². The summed E-state index contributed by atoms with van der Waals surface area (Å²) in [6.07, 6.45) is 4.98. The molecule has 2 heteroatoms. The zero-order chi connectivity index (χ0) is 14.4. The van der Waals surface area contributed by atoms with Crippen LogP contribution in [0.1, 0.15) is 57.2 Å². The molecule has 0 spiro atoms. The first-order chi connectivity index (χ1) is 9.78. The highest BCUT2D eigenvalue weighted by molar-refractivity contribution is 5.25. The van der Waals surface area contributed by atoms with Crippen molar-refractivity contribution >= 4 is 0 Å². The second-order valence-corrected chi connectivity index (χ2v) is 5.90. The summed E-state index contributed by atoms with van der Waals surface area (Å²) in [5.41, 5.74) is 2.91. The number of nitrogens with one attached hydrogen (secondary N) is 1. The highest BCUT2D eigenvalue weighted by atomic mass is 15.2. The quantitative estimate of drug-likeness (QED) is 0.814. The van der Waals surface area contributed by atoms with Gasteiger partial charge in [0.1, 0.15) is 0 Å². The molecule has 1 aromatic carbocycles. The Labute approximate surface area is 124 Å². The molecule has 1 N–H and O–H groups in total. The molecule has 0 amide bonds. The van der Waals surface area contributed by atoms with Crippen LogP contribution < -0.4 is 5.32 Å². The van der Waals surface area contributed by atoms with Gasteiger partial charge in [0.25, 0.3) is 0 Å². The van der Waals surface area contributed by atoms with E-state index in [4.69, 9.17) is 0 Å². The molecule has 2 unspecified atom stereocenters. The monoisotopic (exact) mass is 274 g/mol. The third kappa shape index (κ3) is 3.83. The maximum atomic E-state index is 3.63. The van der Waals surface area contributed by atoms with E-state index in [2.05, 4.69) is 55.3 Å². The molecule has 1 heterocycles. The van der Waals surface area contributed by atoms with Crippen LogP contribution in [0.3, 0.4) is 0 Å². The first kappa shape index (κ1) is 15.5. The highest BCUT2D eigenvalue weighted by Gasteiger charge is 2.22. The number of hydrogen-bond acceptors (Lipinski definition) is 2. The molecule has 0 aromatic heterocycles. The number of nitrogens with zero attached hydrogens (tertiary/aromatic N) is 1. The smallest absolute Gasteiger partial charge is 0.0346 e. The molecule has 20 heavy (non-hydrogen) atoms. The Hall–Kier alpha value is -0.860. The lowest BCUT2D eigenvalue weighted by Crippen LogP contribution is -2.39. The number of rotatable bonds is 7. The Balaban J connectivity index is 2.06. The molecule has 0 saturated carbocycles. The summed E-state index contributed by atoms with van der Waals surface area (Å²) in [5, 5.41) is 3.63. The van der Waals surface area contributed by atoms with E-state index in [-0.39, 0.29) is 0 Å². The van der Waals surface area contributed by atoms with Gasteiger partial charge in [-0.3, -0.25) is 4.90 Å². The van der Waals surface area contributed by atoms with Crippen LogP contribution >= 0.6 is 0 Å². The van der Waals surface area contributed by atoms with E-state index in [1.807, 2.05) is 0 Å². The average molecular weight is 274 g/mol. The van der Waals surface area contributed by atoms with E-state index in [1.54, 1.807) is 0 Å². The minimum atomic E-state index is 0.563. The van der Waals surface area contributed by atoms with Gasteiger partial charge in [-0.15, -0.1) is 0 Å². The van der Waals surface area contributed by atoms with Crippen molar-refractivity contribution in [1.29, 1.82) is 0 Å². The molecule has 1 aliphatic heterocycles. The van der Waals surface area contributed by atoms with Crippen molar-refractivity contribution in [2.45, 2.75) is 58.5 Å². The summed E-state index contributed by atoms with van der Waals surface area (Å²) < 4.78 is 0. The summed E-state index contributed by atoms with van der Waals surface area (Å²) in [6, 6.07) is 10.5. The normalized spacial score (nSPS) is 20.5. The number of benzene rings is 1. The maximum absolute atomic E-state index is 3.63. The zero-order valence-electron chi connectivity index (χ0n) is 13.4. The van der Waals surface area contributed by atoms with Gasteiger partial charge in [0.15, 0.2) is 0 Å². The molecule has 0 bridgehead atoms. The van der Waals surface area contributed by atoms with Crippen molar-refractivity contribution in [2.24, 2.45) is 0 Å². The summed E-state index contributed by atoms with van der Waals surface area (Å²) in [6.45, 7) is 10.3. The van der Waals surface area contributed by atoms with E-state index >= 15 is 0 Å². The van der Waals surface area contributed by atoms with Gasteiger partial charge in [0.05, 0.1) is 0 Å². The zero-order valence-corrected chi connectivity index (χ0v) is 13.4. The minimum Gasteiger partial charge on any atom is -0.313 e. The van der Waals surface area contributed by atoms with Gasteiger partial charge in [0, 0.05) is 18.6 Å². The Morgan fingerprint density at radius 1 is 1.20 bits per heavy atom. The first-order valence-corrected chi connectivity index (χ1v) is 8.34. The molecule has 112 valence electrons. The molecular formula is C18H30N2. The Morgan fingerprint density at radius 3 is 2.45 bits per heavy atom. The number of aryl methyl sites for hydroxylation is 1. The van der Waals surface area contributed by atoms with Crippen molar-refractivity contribution in [3.8, 4) is 0 Å². The lowest BCUT2D eigenvalue weighted by Gasteiger charge is -2.32. The van der Waals surface area contributed by atoms with Crippen molar-refractivity contribution < 1.29 is 0 Å². The molecule has 1 aromatic rings. The predicted molar refractivity (Wildman–Crippen MR) is 87.1 cm³/mol. The summed E-state index contributed by atoms with van der Waals surface area (Å²) in [5.74, 6) is 0. The molecule has 1 saturated heterocycles. The van der Waals surface area contributed by atoms with E-state index in [0.717, 1.165) is 13.0 Å². The largest absolute Gasteiger partial charge is 0.313 e. The van der Waals surface area contributed by atoms with Crippen LogP contribution in [0.5, 0.6) is 0 Å². The second-order valence-electron chi connectivity index (χ2n) is 5.90. The van der Waals surface area contributed by atoms with Gasteiger partial charge >= 0.3 is 0 Å². The lowest BCUT2D eigenvalue weighted by atomic mass is 9.99.